The molecule has 0 bridgehead atoms. The van der Waals surface area contributed by atoms with E-state index in [1.807, 2.05) is 28.8 Å². The van der Waals surface area contributed by atoms with Crippen molar-refractivity contribution in [2.24, 2.45) is 5.92 Å². The molecule has 0 spiro atoms. The van der Waals surface area contributed by atoms with Crippen LogP contribution in [0.3, 0.4) is 0 Å². The predicted octanol–water partition coefficient (Wildman–Crippen LogP) is 4.10. The summed E-state index contributed by atoms with van der Waals surface area (Å²) in [5, 5.41) is 0.815. The standard InChI is InChI=1S/C22H21Cl2N3O4/c1-3-31-21(29)18-19(14-9-8-13(23)12-15(14)24)27-17-7-5-4-6-16(17)25-22(27)26(20(18)28)10-11-30-2/h4-9,12,18-19H,3,10-11H2,1-2H3/t18-,19-/m0/s1. The van der Waals surface area contributed by atoms with Crippen LogP contribution in [0, 0.1) is 5.92 Å². The number of methoxy groups -OCH3 is 1. The number of amides is 1. The average Bonchev–Trinajstić information content (AvgIpc) is 3.12. The van der Waals surface area contributed by atoms with Gasteiger partial charge in [-0.2, -0.15) is 0 Å². The summed E-state index contributed by atoms with van der Waals surface area (Å²) in [6, 6.07) is 11.8. The summed E-state index contributed by atoms with van der Waals surface area (Å²) in [7, 11) is 1.55. The van der Waals surface area contributed by atoms with Gasteiger partial charge >= 0.3 is 5.97 Å². The van der Waals surface area contributed by atoms with Crippen LogP contribution in [-0.4, -0.2) is 48.3 Å². The highest BCUT2D eigenvalue weighted by atomic mass is 35.5. The van der Waals surface area contributed by atoms with Gasteiger partial charge in [0.05, 0.1) is 36.8 Å². The minimum Gasteiger partial charge on any atom is -0.465 e. The Kier molecular flexibility index (Phi) is 6.18. The molecule has 0 unspecified atom stereocenters. The number of anilines is 1. The van der Waals surface area contributed by atoms with Gasteiger partial charge < -0.3 is 14.0 Å². The first-order chi connectivity index (χ1) is 15.0. The summed E-state index contributed by atoms with van der Waals surface area (Å²) in [5.74, 6) is -1.73. The van der Waals surface area contributed by atoms with E-state index in [0.29, 0.717) is 27.1 Å². The molecule has 2 heterocycles. The topological polar surface area (TPSA) is 73.7 Å². The Morgan fingerprint density at radius 1 is 1.19 bits per heavy atom. The van der Waals surface area contributed by atoms with Crippen LogP contribution in [0.5, 0.6) is 0 Å². The number of ether oxygens (including phenoxy) is 2. The SMILES string of the molecule is CCOC(=O)[C@@H]1C(=O)N(CCOC)c2nc3ccccc3n2[C@H]1c1ccc(Cl)cc1Cl. The molecule has 162 valence electrons. The number of esters is 1. The van der Waals surface area contributed by atoms with Gasteiger partial charge in [0.25, 0.3) is 0 Å². The van der Waals surface area contributed by atoms with Crippen molar-refractivity contribution in [2.45, 2.75) is 13.0 Å². The molecular weight excluding hydrogens is 441 g/mol. The number of benzene rings is 2. The van der Waals surface area contributed by atoms with Crippen molar-refractivity contribution < 1.29 is 19.1 Å². The lowest BCUT2D eigenvalue weighted by Crippen LogP contribution is -2.51. The van der Waals surface area contributed by atoms with E-state index in [2.05, 4.69) is 0 Å². The third-order valence-corrected chi connectivity index (χ3v) is 5.85. The highest BCUT2D eigenvalue weighted by Crippen LogP contribution is 2.43. The maximum atomic E-state index is 13.6. The fourth-order valence-electron chi connectivity index (χ4n) is 3.96. The van der Waals surface area contributed by atoms with E-state index in [4.69, 9.17) is 37.7 Å². The number of carbonyl (C=O) groups is 2. The first-order valence-electron chi connectivity index (χ1n) is 9.86. The molecule has 2 aromatic carbocycles. The Labute approximate surface area is 189 Å². The van der Waals surface area contributed by atoms with Gasteiger partial charge in [0.1, 0.15) is 0 Å². The van der Waals surface area contributed by atoms with Gasteiger partial charge in [-0.3, -0.25) is 14.5 Å². The molecule has 0 fully saturated rings. The second-order valence-electron chi connectivity index (χ2n) is 7.09. The van der Waals surface area contributed by atoms with Crippen molar-refractivity contribution in [2.75, 3.05) is 31.8 Å². The van der Waals surface area contributed by atoms with Crippen LogP contribution in [0.1, 0.15) is 18.5 Å². The Hall–Kier alpha value is -2.61. The fourth-order valence-corrected chi connectivity index (χ4v) is 4.48. The monoisotopic (exact) mass is 461 g/mol. The van der Waals surface area contributed by atoms with Crippen LogP contribution in [0.25, 0.3) is 11.0 Å². The minimum atomic E-state index is -1.14. The van der Waals surface area contributed by atoms with Crippen molar-refractivity contribution >= 4 is 52.1 Å². The van der Waals surface area contributed by atoms with Gasteiger partial charge in [-0.15, -0.1) is 0 Å². The molecule has 1 aliphatic rings. The quantitative estimate of drug-likeness (QED) is 0.407. The van der Waals surface area contributed by atoms with E-state index in [1.165, 1.54) is 4.90 Å². The van der Waals surface area contributed by atoms with E-state index in [0.717, 1.165) is 5.52 Å². The molecule has 1 amide bonds. The Balaban J connectivity index is 2.00. The Bertz CT molecular complexity index is 1150. The first-order valence-corrected chi connectivity index (χ1v) is 10.6. The molecule has 0 N–H and O–H groups in total. The van der Waals surface area contributed by atoms with Crippen molar-refractivity contribution in [3.8, 4) is 0 Å². The Morgan fingerprint density at radius 3 is 2.68 bits per heavy atom. The molecule has 4 rings (SSSR count). The lowest BCUT2D eigenvalue weighted by Gasteiger charge is -2.38. The smallest absolute Gasteiger partial charge is 0.321 e. The first kappa shape index (κ1) is 21.6. The van der Waals surface area contributed by atoms with Gasteiger partial charge in [-0.1, -0.05) is 41.4 Å². The Morgan fingerprint density at radius 2 is 1.97 bits per heavy atom. The van der Waals surface area contributed by atoms with E-state index in [1.54, 1.807) is 32.2 Å². The third-order valence-electron chi connectivity index (χ3n) is 5.29. The number of halogens is 2. The molecule has 0 radical (unpaired) electrons. The predicted molar refractivity (Wildman–Crippen MR) is 119 cm³/mol. The fraction of sp³-hybridized carbons (Fsp3) is 0.318. The van der Waals surface area contributed by atoms with E-state index in [-0.39, 0.29) is 19.8 Å². The summed E-state index contributed by atoms with van der Waals surface area (Å²) in [5.41, 5.74) is 2.07. The number of imidazole rings is 1. The third kappa shape index (κ3) is 3.78. The van der Waals surface area contributed by atoms with Crippen molar-refractivity contribution in [1.29, 1.82) is 0 Å². The lowest BCUT2D eigenvalue weighted by atomic mass is 9.89. The summed E-state index contributed by atoms with van der Waals surface area (Å²) in [6.45, 7) is 2.39. The molecule has 0 aliphatic carbocycles. The zero-order chi connectivity index (χ0) is 22.1. The molecule has 0 saturated heterocycles. The molecule has 9 heteroatoms. The number of nitrogens with zero attached hydrogens (tertiary/aromatic N) is 3. The van der Waals surface area contributed by atoms with E-state index in [9.17, 15) is 9.59 Å². The van der Waals surface area contributed by atoms with Crippen LogP contribution in [0.2, 0.25) is 10.0 Å². The number of hydrogen-bond donors (Lipinski definition) is 0. The maximum absolute atomic E-state index is 13.6. The van der Waals surface area contributed by atoms with Crippen LogP contribution >= 0.6 is 23.2 Å². The van der Waals surface area contributed by atoms with E-state index < -0.39 is 23.8 Å². The molecule has 3 aromatic rings. The van der Waals surface area contributed by atoms with Gasteiger partial charge in [-0.05, 0) is 36.8 Å². The zero-order valence-electron chi connectivity index (χ0n) is 17.0. The van der Waals surface area contributed by atoms with Crippen molar-refractivity contribution in [3.63, 3.8) is 0 Å². The van der Waals surface area contributed by atoms with Crippen LogP contribution < -0.4 is 4.90 Å². The molecule has 7 nitrogen and oxygen atoms in total. The number of rotatable bonds is 6. The van der Waals surface area contributed by atoms with Gasteiger partial charge in [-0.25, -0.2) is 4.98 Å². The largest absolute Gasteiger partial charge is 0.465 e. The zero-order valence-corrected chi connectivity index (χ0v) is 18.6. The minimum absolute atomic E-state index is 0.152. The second kappa shape index (κ2) is 8.86. The van der Waals surface area contributed by atoms with Crippen molar-refractivity contribution in [1.82, 2.24) is 9.55 Å². The van der Waals surface area contributed by atoms with Crippen LogP contribution in [-0.2, 0) is 19.1 Å². The number of carbonyl (C=O) groups excluding carboxylic acids is 2. The normalized spacial score (nSPS) is 18.3. The van der Waals surface area contributed by atoms with Gasteiger partial charge in [0.2, 0.25) is 11.9 Å². The number of fused-ring (bicyclic) bond motifs is 3. The second-order valence-corrected chi connectivity index (χ2v) is 7.94. The molecule has 2 atom stereocenters. The summed E-state index contributed by atoms with van der Waals surface area (Å²) in [6.07, 6.45) is 0. The number of hydrogen-bond acceptors (Lipinski definition) is 5. The molecular formula is C22H21Cl2N3O4. The maximum Gasteiger partial charge on any atom is 0.321 e. The summed E-state index contributed by atoms with van der Waals surface area (Å²) < 4.78 is 12.4. The molecule has 0 saturated carbocycles. The van der Waals surface area contributed by atoms with Gasteiger partial charge in [0, 0.05) is 17.2 Å². The summed E-state index contributed by atoms with van der Waals surface area (Å²) >= 11 is 12.7. The lowest BCUT2D eigenvalue weighted by molar-refractivity contribution is -0.153. The average molecular weight is 462 g/mol. The summed E-state index contributed by atoms with van der Waals surface area (Å²) in [4.78, 5) is 32.8. The number of para-hydroxylation sites is 2. The van der Waals surface area contributed by atoms with Crippen LogP contribution in [0.4, 0.5) is 5.95 Å². The molecule has 1 aromatic heterocycles. The van der Waals surface area contributed by atoms with E-state index >= 15 is 0 Å². The highest BCUT2D eigenvalue weighted by Gasteiger charge is 2.48. The molecule has 31 heavy (non-hydrogen) atoms. The number of aromatic nitrogens is 2. The van der Waals surface area contributed by atoms with Crippen molar-refractivity contribution in [3.05, 3.63) is 58.1 Å². The van der Waals surface area contributed by atoms with Crippen LogP contribution in [0.15, 0.2) is 42.5 Å². The molecule has 1 aliphatic heterocycles. The highest BCUT2D eigenvalue weighted by molar-refractivity contribution is 6.35. The van der Waals surface area contributed by atoms with Gasteiger partial charge in [0.15, 0.2) is 5.92 Å².